The Morgan fingerprint density at radius 3 is 2.56 bits per heavy atom. The van der Waals surface area contributed by atoms with Crippen molar-refractivity contribution in [1.29, 1.82) is 0 Å². The Morgan fingerprint density at radius 2 is 1.96 bits per heavy atom. The number of halogens is 3. The third kappa shape index (κ3) is 6.94. The fourth-order valence-corrected chi connectivity index (χ4v) is 2.93. The van der Waals surface area contributed by atoms with Crippen LogP contribution >= 0.6 is 0 Å². The lowest BCUT2D eigenvalue weighted by atomic mass is 10.0. The molecular weight excluding hydrogens is 331 g/mol. The predicted octanol–water partition coefficient (Wildman–Crippen LogP) is 3.57. The maximum atomic E-state index is 12.1. The number of hydrogen-bond acceptors (Lipinski definition) is 2. The van der Waals surface area contributed by atoms with Crippen LogP contribution in [0.15, 0.2) is 29.3 Å². The van der Waals surface area contributed by atoms with Crippen molar-refractivity contribution in [2.75, 3.05) is 26.7 Å². The quantitative estimate of drug-likeness (QED) is 0.647. The Bertz CT molecular complexity index is 558. The molecule has 1 N–H and O–H groups in total. The second-order valence-electron chi connectivity index (χ2n) is 6.52. The predicted molar refractivity (Wildman–Crippen MR) is 92.3 cm³/mol. The molecule has 0 amide bonds. The van der Waals surface area contributed by atoms with E-state index in [1.54, 1.807) is 19.2 Å². The molecule has 0 saturated carbocycles. The van der Waals surface area contributed by atoms with Crippen LogP contribution in [-0.2, 0) is 17.9 Å². The molecule has 0 spiro atoms. The average Bonchev–Trinajstić information content (AvgIpc) is 2.56. The van der Waals surface area contributed by atoms with E-state index in [0.717, 1.165) is 30.2 Å². The molecule has 1 aliphatic heterocycles. The van der Waals surface area contributed by atoms with Crippen molar-refractivity contribution in [2.24, 2.45) is 10.9 Å². The Hall–Kier alpha value is -1.76. The van der Waals surface area contributed by atoms with Gasteiger partial charge in [-0.3, -0.25) is 4.99 Å². The number of guanidine groups is 1. The van der Waals surface area contributed by atoms with Crippen molar-refractivity contribution < 1.29 is 17.9 Å². The van der Waals surface area contributed by atoms with Gasteiger partial charge in [0.2, 0.25) is 0 Å². The first-order valence-corrected chi connectivity index (χ1v) is 8.55. The molecule has 1 aromatic carbocycles. The van der Waals surface area contributed by atoms with E-state index in [1.165, 1.54) is 12.8 Å². The lowest BCUT2D eigenvalue weighted by Gasteiger charge is -2.33. The number of hydrogen-bond donors (Lipinski definition) is 1. The van der Waals surface area contributed by atoms with Crippen LogP contribution in [0.5, 0.6) is 0 Å². The van der Waals surface area contributed by atoms with Crippen LogP contribution in [0.4, 0.5) is 13.2 Å². The van der Waals surface area contributed by atoms with Crippen molar-refractivity contribution in [3.8, 4) is 0 Å². The Labute approximate surface area is 147 Å². The minimum Gasteiger partial charge on any atom is -0.367 e. The minimum atomic E-state index is -4.29. The number of alkyl halides is 3. The maximum Gasteiger partial charge on any atom is 0.411 e. The molecule has 0 aromatic heterocycles. The molecule has 25 heavy (non-hydrogen) atoms. The summed E-state index contributed by atoms with van der Waals surface area (Å²) in [6.07, 6.45) is -1.86. The first-order chi connectivity index (χ1) is 11.9. The molecule has 1 aliphatic rings. The molecule has 1 saturated heterocycles. The lowest BCUT2D eigenvalue weighted by molar-refractivity contribution is -0.176. The molecule has 1 unspecified atom stereocenters. The van der Waals surface area contributed by atoms with Crippen molar-refractivity contribution >= 4 is 5.96 Å². The molecule has 1 heterocycles. The zero-order chi connectivity index (χ0) is 18.3. The van der Waals surface area contributed by atoms with Crippen LogP contribution in [0.25, 0.3) is 0 Å². The smallest absolute Gasteiger partial charge is 0.367 e. The molecule has 4 nitrogen and oxygen atoms in total. The molecular formula is C18H26F3N3O. The first-order valence-electron chi connectivity index (χ1n) is 8.55. The third-order valence-corrected chi connectivity index (χ3v) is 4.18. The van der Waals surface area contributed by atoms with Crippen molar-refractivity contribution in [3.05, 3.63) is 35.4 Å². The highest BCUT2D eigenvalue weighted by atomic mass is 19.4. The summed E-state index contributed by atoms with van der Waals surface area (Å²) in [6, 6.07) is 7.37. The van der Waals surface area contributed by atoms with Gasteiger partial charge >= 0.3 is 6.18 Å². The highest BCUT2D eigenvalue weighted by Gasteiger charge is 2.27. The summed E-state index contributed by atoms with van der Waals surface area (Å²) in [5, 5.41) is 3.35. The Balaban J connectivity index is 1.80. The molecule has 0 radical (unpaired) electrons. The number of ether oxygens (including phenoxy) is 1. The van der Waals surface area contributed by atoms with Crippen LogP contribution < -0.4 is 5.32 Å². The van der Waals surface area contributed by atoms with Gasteiger partial charge in [0.15, 0.2) is 5.96 Å². The summed E-state index contributed by atoms with van der Waals surface area (Å²) >= 11 is 0. The largest absolute Gasteiger partial charge is 0.411 e. The van der Waals surface area contributed by atoms with E-state index in [1.807, 2.05) is 12.1 Å². The van der Waals surface area contributed by atoms with Crippen LogP contribution in [0.2, 0.25) is 0 Å². The van der Waals surface area contributed by atoms with Gasteiger partial charge in [-0.2, -0.15) is 13.2 Å². The number of piperidine rings is 1. The zero-order valence-corrected chi connectivity index (χ0v) is 14.8. The molecule has 0 aliphatic carbocycles. The second kappa shape index (κ2) is 9.08. The van der Waals surface area contributed by atoms with Crippen molar-refractivity contribution in [3.63, 3.8) is 0 Å². The van der Waals surface area contributed by atoms with Gasteiger partial charge in [-0.25, -0.2) is 0 Å². The van der Waals surface area contributed by atoms with Crippen LogP contribution in [0.1, 0.15) is 30.9 Å². The summed E-state index contributed by atoms with van der Waals surface area (Å²) in [5.74, 6) is 1.56. The number of benzene rings is 1. The molecule has 0 bridgehead atoms. The first kappa shape index (κ1) is 19.6. The van der Waals surface area contributed by atoms with Gasteiger partial charge in [-0.05, 0) is 29.9 Å². The van der Waals surface area contributed by atoms with E-state index >= 15 is 0 Å². The van der Waals surface area contributed by atoms with E-state index in [0.29, 0.717) is 12.5 Å². The average molecular weight is 357 g/mol. The summed E-state index contributed by atoms with van der Waals surface area (Å²) in [6.45, 7) is 3.64. The zero-order valence-electron chi connectivity index (χ0n) is 14.8. The Kier molecular flexibility index (Phi) is 7.11. The highest BCUT2D eigenvalue weighted by molar-refractivity contribution is 5.79. The van der Waals surface area contributed by atoms with E-state index in [9.17, 15) is 13.2 Å². The summed E-state index contributed by atoms with van der Waals surface area (Å²) in [4.78, 5) is 6.62. The minimum absolute atomic E-state index is 0.0411. The number of nitrogens with zero attached hydrogens (tertiary/aromatic N) is 2. The van der Waals surface area contributed by atoms with Gasteiger partial charge in [0.05, 0.1) is 6.61 Å². The SMILES string of the molecule is CN=C(NCc1ccc(COCC(F)(F)F)cc1)N1CCCC(C)C1. The van der Waals surface area contributed by atoms with Crippen molar-refractivity contribution in [1.82, 2.24) is 10.2 Å². The normalized spacial score (nSPS) is 19.2. The van der Waals surface area contributed by atoms with Gasteiger partial charge in [0, 0.05) is 26.7 Å². The fourth-order valence-electron chi connectivity index (χ4n) is 2.93. The summed E-state index contributed by atoms with van der Waals surface area (Å²) in [7, 11) is 1.78. The van der Waals surface area contributed by atoms with Crippen molar-refractivity contribution in [2.45, 2.75) is 39.1 Å². The molecule has 1 aromatic rings. The Morgan fingerprint density at radius 1 is 1.28 bits per heavy atom. The van der Waals surface area contributed by atoms with Gasteiger partial charge in [-0.15, -0.1) is 0 Å². The van der Waals surface area contributed by atoms with Gasteiger partial charge in [0.25, 0.3) is 0 Å². The summed E-state index contributed by atoms with van der Waals surface area (Å²) in [5.41, 5.74) is 1.77. The number of aliphatic imine (C=N–C) groups is 1. The van der Waals surface area contributed by atoms with Crippen LogP contribution in [-0.4, -0.2) is 43.8 Å². The monoisotopic (exact) mass is 357 g/mol. The van der Waals surface area contributed by atoms with E-state index < -0.39 is 12.8 Å². The summed E-state index contributed by atoms with van der Waals surface area (Å²) < 4.78 is 40.8. The molecule has 7 heteroatoms. The van der Waals surface area contributed by atoms with Crippen LogP contribution in [0, 0.1) is 5.92 Å². The molecule has 1 fully saturated rings. The molecule has 1 atom stereocenters. The number of rotatable bonds is 5. The standard InChI is InChI=1S/C18H26F3N3O/c1-14-4-3-9-24(11-14)17(22-2)23-10-15-5-7-16(8-6-15)12-25-13-18(19,20)21/h5-8,14H,3-4,9-13H2,1-2H3,(H,22,23). The highest BCUT2D eigenvalue weighted by Crippen LogP contribution is 2.17. The fraction of sp³-hybridized carbons (Fsp3) is 0.611. The van der Waals surface area contributed by atoms with Crippen LogP contribution in [0.3, 0.4) is 0 Å². The maximum absolute atomic E-state index is 12.1. The molecule has 2 rings (SSSR count). The second-order valence-corrected chi connectivity index (χ2v) is 6.52. The number of nitrogens with one attached hydrogen (secondary N) is 1. The van der Waals surface area contributed by atoms with Gasteiger partial charge < -0.3 is 15.0 Å². The van der Waals surface area contributed by atoms with E-state index in [4.69, 9.17) is 0 Å². The third-order valence-electron chi connectivity index (χ3n) is 4.18. The van der Waals surface area contributed by atoms with E-state index in [2.05, 4.69) is 26.9 Å². The number of likely N-dealkylation sites (tertiary alicyclic amines) is 1. The van der Waals surface area contributed by atoms with E-state index in [-0.39, 0.29) is 6.61 Å². The van der Waals surface area contributed by atoms with Gasteiger partial charge in [0.1, 0.15) is 6.61 Å². The van der Waals surface area contributed by atoms with Gasteiger partial charge in [-0.1, -0.05) is 31.2 Å². The lowest BCUT2D eigenvalue weighted by Crippen LogP contribution is -2.45. The molecule has 140 valence electrons. The topological polar surface area (TPSA) is 36.9 Å².